The van der Waals surface area contributed by atoms with E-state index in [-0.39, 0.29) is 4.88 Å². The first-order valence-electron chi connectivity index (χ1n) is 10.3. The number of aromatic nitrogens is 1. The monoisotopic (exact) mass is 512 g/mol. The predicted octanol–water partition coefficient (Wildman–Crippen LogP) is 6.83. The van der Waals surface area contributed by atoms with Gasteiger partial charge in [0, 0.05) is 39.4 Å². The largest absolute Gasteiger partial charge is 0.489 e. The van der Waals surface area contributed by atoms with Crippen LogP contribution in [-0.2, 0) is 13.2 Å². The fourth-order valence-electron chi connectivity index (χ4n) is 3.08. The number of hydrogen-bond donors (Lipinski definition) is 1. The molecule has 1 N–H and O–H groups in total. The molecule has 0 atom stereocenters. The molecule has 0 fully saturated rings. The highest BCUT2D eigenvalue weighted by Gasteiger charge is 2.12. The lowest BCUT2D eigenvalue weighted by molar-refractivity contribution is -0.489. The second-order valence-corrected chi connectivity index (χ2v) is 9.11. The quantitative estimate of drug-likeness (QED) is 0.250. The van der Waals surface area contributed by atoms with Crippen LogP contribution in [0, 0.1) is 0 Å². The third-order valence-corrected chi connectivity index (χ3v) is 6.51. The van der Waals surface area contributed by atoms with Gasteiger partial charge in [-0.1, -0.05) is 59.6 Å². The maximum atomic E-state index is 11.1. The Labute approximate surface area is 211 Å². The number of carboxylic acids is 1. The van der Waals surface area contributed by atoms with Crippen molar-refractivity contribution in [2.75, 3.05) is 0 Å². The van der Waals surface area contributed by atoms with E-state index in [1.165, 1.54) is 0 Å². The number of carbonyl (C=O) groups is 1. The van der Waals surface area contributed by atoms with Gasteiger partial charge >= 0.3 is 5.97 Å². The first kappa shape index (κ1) is 23.8. The molecule has 1 aromatic heterocycles. The Morgan fingerprint density at radius 2 is 1.44 bits per heavy atom. The van der Waals surface area contributed by atoms with Crippen molar-refractivity contribution < 1.29 is 23.3 Å². The molecular weight excluding hydrogens is 493 g/mol. The Kier molecular flexibility index (Phi) is 7.85. The van der Waals surface area contributed by atoms with E-state index >= 15 is 0 Å². The highest BCUT2D eigenvalue weighted by atomic mass is 35.5. The predicted molar refractivity (Wildman–Crippen MR) is 135 cm³/mol. The minimum Gasteiger partial charge on any atom is -0.489 e. The van der Waals surface area contributed by atoms with Gasteiger partial charge in [0.15, 0.2) is 28.8 Å². The minimum absolute atomic E-state index is 0.255. The van der Waals surface area contributed by atoms with E-state index in [1.807, 2.05) is 72.8 Å². The van der Waals surface area contributed by atoms with Crippen LogP contribution in [0.1, 0.15) is 26.4 Å². The van der Waals surface area contributed by atoms with Crippen molar-refractivity contribution in [2.45, 2.75) is 13.2 Å². The Bertz CT molecular complexity index is 1270. The van der Waals surface area contributed by atoms with Gasteiger partial charge in [-0.2, -0.15) is 0 Å². The smallest absolute Gasteiger partial charge is 0.352 e. The van der Waals surface area contributed by atoms with Crippen molar-refractivity contribution in [3.63, 3.8) is 0 Å². The van der Waals surface area contributed by atoms with Crippen molar-refractivity contribution >= 4 is 53.0 Å². The lowest BCUT2D eigenvalue weighted by Crippen LogP contribution is -2.17. The molecule has 0 bridgehead atoms. The van der Waals surface area contributed by atoms with Gasteiger partial charge in [-0.15, -0.1) is 3.96 Å². The molecule has 4 rings (SSSR count). The Hall–Kier alpha value is -3.32. The second kappa shape index (κ2) is 11.2. The van der Waals surface area contributed by atoms with Gasteiger partial charge in [0.25, 0.3) is 0 Å². The minimum atomic E-state index is -0.956. The van der Waals surface area contributed by atoms with Crippen LogP contribution in [0.5, 0.6) is 11.5 Å². The number of halogens is 2. The third-order valence-electron chi connectivity index (χ3n) is 4.81. The third kappa shape index (κ3) is 6.38. The van der Waals surface area contributed by atoms with E-state index in [2.05, 4.69) is 0 Å². The van der Waals surface area contributed by atoms with Crippen LogP contribution < -0.4 is 13.4 Å². The van der Waals surface area contributed by atoms with Crippen molar-refractivity contribution in [1.82, 2.24) is 0 Å². The number of benzene rings is 3. The summed E-state index contributed by atoms with van der Waals surface area (Å²) in [5.74, 6) is 0.264. The molecule has 0 amide bonds. The van der Waals surface area contributed by atoms with Crippen LogP contribution in [0.4, 0.5) is 0 Å². The highest BCUT2D eigenvalue weighted by Crippen LogP contribution is 2.27. The van der Waals surface area contributed by atoms with Crippen molar-refractivity contribution in [3.05, 3.63) is 111 Å². The van der Waals surface area contributed by atoms with E-state index < -0.39 is 5.97 Å². The zero-order valence-corrected chi connectivity index (χ0v) is 20.2. The maximum Gasteiger partial charge on any atom is 0.352 e. The summed E-state index contributed by atoms with van der Waals surface area (Å²) in [6.45, 7) is 0.608. The number of ether oxygens (including phenoxy) is 2. The van der Waals surface area contributed by atoms with Gasteiger partial charge in [0.1, 0.15) is 24.7 Å². The number of rotatable bonds is 9. The molecular formula is C26H20Cl2NO4S+. The normalized spacial score (nSPS) is 11.0. The van der Waals surface area contributed by atoms with Crippen LogP contribution in [0.3, 0.4) is 0 Å². The van der Waals surface area contributed by atoms with Crippen molar-refractivity contribution in [1.29, 1.82) is 0 Å². The molecule has 0 aliphatic carbocycles. The van der Waals surface area contributed by atoms with E-state index in [9.17, 15) is 4.79 Å². The van der Waals surface area contributed by atoms with Gasteiger partial charge in [-0.05, 0) is 29.8 Å². The van der Waals surface area contributed by atoms with E-state index in [1.54, 1.807) is 22.4 Å². The summed E-state index contributed by atoms with van der Waals surface area (Å²) >= 11 is 13.6. The molecule has 0 unspecified atom stereocenters. The van der Waals surface area contributed by atoms with Crippen LogP contribution in [0.15, 0.2) is 79.0 Å². The molecule has 0 aliphatic rings. The molecule has 1 heterocycles. The lowest BCUT2D eigenvalue weighted by atomic mass is 10.2. The summed E-state index contributed by atoms with van der Waals surface area (Å²) < 4.78 is 13.7. The second-order valence-electron chi connectivity index (χ2n) is 7.25. The Balaban J connectivity index is 1.56. The van der Waals surface area contributed by atoms with E-state index in [4.69, 9.17) is 37.8 Å². The summed E-state index contributed by atoms with van der Waals surface area (Å²) in [6, 6.07) is 22.1. The molecule has 0 radical (unpaired) electrons. The summed E-state index contributed by atoms with van der Waals surface area (Å²) in [6.07, 6.45) is 5.33. The van der Waals surface area contributed by atoms with Gasteiger partial charge in [-0.3, -0.25) is 0 Å². The van der Waals surface area contributed by atoms with Gasteiger partial charge in [0.05, 0.1) is 0 Å². The molecule has 0 aliphatic heterocycles. The number of hydrogen-bond acceptors (Lipinski definition) is 4. The molecule has 3 aromatic carbocycles. The molecule has 34 heavy (non-hydrogen) atoms. The topological polar surface area (TPSA) is 59.6 Å². The molecule has 5 nitrogen and oxygen atoms in total. The lowest BCUT2D eigenvalue weighted by Gasteiger charge is -2.12. The number of nitrogens with zero attached hydrogens (tertiary/aromatic N) is 1. The van der Waals surface area contributed by atoms with Crippen LogP contribution in [0.2, 0.25) is 10.0 Å². The SMILES string of the molecule is O=C(O)c1cc[n+](C=Cc2cc(OCc3ccccc3Cl)cc(OCc3ccccc3Cl)c2)s1. The van der Waals surface area contributed by atoms with Gasteiger partial charge in [-0.25, -0.2) is 4.79 Å². The number of aromatic carboxylic acids is 1. The maximum absolute atomic E-state index is 11.1. The highest BCUT2D eigenvalue weighted by molar-refractivity contribution is 7.04. The van der Waals surface area contributed by atoms with Crippen LogP contribution >= 0.6 is 34.7 Å². The molecule has 0 spiro atoms. The van der Waals surface area contributed by atoms with Crippen LogP contribution in [0.25, 0.3) is 12.3 Å². The average Bonchev–Trinajstić information content (AvgIpc) is 3.31. The fraction of sp³-hybridized carbons (Fsp3) is 0.0769. The zero-order valence-electron chi connectivity index (χ0n) is 17.9. The molecule has 172 valence electrons. The average molecular weight is 513 g/mol. The first-order valence-corrected chi connectivity index (χ1v) is 11.8. The van der Waals surface area contributed by atoms with Gasteiger partial charge in [0.2, 0.25) is 0 Å². The molecule has 4 aromatic rings. The van der Waals surface area contributed by atoms with Crippen molar-refractivity contribution in [3.8, 4) is 11.5 Å². The van der Waals surface area contributed by atoms with Crippen molar-refractivity contribution in [2.24, 2.45) is 0 Å². The summed E-state index contributed by atoms with van der Waals surface area (Å²) in [5.41, 5.74) is 2.57. The van der Waals surface area contributed by atoms with Gasteiger partial charge < -0.3 is 14.6 Å². The Morgan fingerprint density at radius 1 is 0.882 bits per heavy atom. The first-order chi connectivity index (χ1) is 16.5. The summed E-state index contributed by atoms with van der Waals surface area (Å²) in [7, 11) is 0. The summed E-state index contributed by atoms with van der Waals surface area (Å²) in [5, 5.41) is 10.4. The summed E-state index contributed by atoms with van der Waals surface area (Å²) in [4.78, 5) is 11.4. The molecule has 0 saturated heterocycles. The standard InChI is InChI=1S/C26H19Cl2NO4S/c27-23-7-3-1-5-19(23)16-32-21-13-18(9-11-29-12-10-25(34-29)26(30)31)14-22(15-21)33-17-20-6-2-4-8-24(20)28/h1-15H,16-17H2/p+1. The zero-order chi connectivity index (χ0) is 23.9. The van der Waals surface area contributed by atoms with E-state index in [0.717, 1.165) is 28.2 Å². The number of carboxylic acid groups (broad SMARTS) is 1. The van der Waals surface area contributed by atoms with E-state index in [0.29, 0.717) is 34.8 Å². The Morgan fingerprint density at radius 3 is 1.94 bits per heavy atom. The fourth-order valence-corrected chi connectivity index (χ4v) is 4.13. The molecule has 0 saturated carbocycles. The molecule has 8 heteroatoms. The van der Waals surface area contributed by atoms with Crippen LogP contribution in [-0.4, -0.2) is 11.1 Å².